The first-order valence-electron chi connectivity index (χ1n) is 5.20. The zero-order valence-corrected chi connectivity index (χ0v) is 10.9. The van der Waals surface area contributed by atoms with E-state index in [9.17, 15) is 19.5 Å². The van der Waals surface area contributed by atoms with E-state index < -0.39 is 29.6 Å². The van der Waals surface area contributed by atoms with Gasteiger partial charge in [-0.1, -0.05) is 6.92 Å². The molecular weight excluding hydrogens is 264 g/mol. The van der Waals surface area contributed by atoms with E-state index in [-0.39, 0.29) is 6.42 Å². The second kappa shape index (κ2) is 7.22. The Morgan fingerprint density at radius 3 is 2.28 bits per heavy atom. The van der Waals surface area contributed by atoms with Crippen LogP contribution in [0, 0.1) is 0 Å². The number of carbonyl (C=O) groups is 3. The molecule has 0 bridgehead atoms. The summed E-state index contributed by atoms with van der Waals surface area (Å²) < 4.78 is 4.50. The van der Waals surface area contributed by atoms with Gasteiger partial charge in [-0.25, -0.2) is 14.4 Å². The molecule has 0 radical (unpaired) electrons. The smallest absolute Gasteiger partial charge is 0.350 e. The summed E-state index contributed by atoms with van der Waals surface area (Å²) in [4.78, 5) is 32.7. The number of esters is 1. The fraction of sp³-hybridized carbons (Fsp3) is 0.700. The Morgan fingerprint density at radius 1 is 1.33 bits per heavy atom. The molecule has 0 aromatic carbocycles. The summed E-state index contributed by atoms with van der Waals surface area (Å²) in [7, 11) is 0. The van der Waals surface area contributed by atoms with E-state index in [1.165, 1.54) is 11.8 Å². The molecule has 0 rings (SSSR count). The van der Waals surface area contributed by atoms with Crippen LogP contribution in [0.2, 0.25) is 0 Å². The minimum Gasteiger partial charge on any atom is -0.479 e. The number of thioether (sulfide) groups is 1. The van der Waals surface area contributed by atoms with Crippen molar-refractivity contribution < 1.29 is 34.4 Å². The molecule has 0 fully saturated rings. The number of hydrogen-bond acceptors (Lipinski definition) is 6. The molecule has 2 atom stereocenters. The lowest BCUT2D eigenvalue weighted by Crippen LogP contribution is -2.47. The first kappa shape index (κ1) is 16.7. The zero-order valence-electron chi connectivity index (χ0n) is 10.1. The van der Waals surface area contributed by atoms with Crippen LogP contribution in [0.25, 0.3) is 0 Å². The highest BCUT2D eigenvalue weighted by Gasteiger charge is 2.42. The van der Waals surface area contributed by atoms with Gasteiger partial charge in [0.2, 0.25) is 0 Å². The van der Waals surface area contributed by atoms with Gasteiger partial charge in [-0.3, -0.25) is 0 Å². The Hall–Kier alpha value is -1.28. The van der Waals surface area contributed by atoms with Crippen LogP contribution in [-0.4, -0.2) is 56.4 Å². The molecule has 3 N–H and O–H groups in total. The molecule has 0 saturated carbocycles. The van der Waals surface area contributed by atoms with Gasteiger partial charge in [0.1, 0.15) is 0 Å². The Balaban J connectivity index is 4.55. The highest BCUT2D eigenvalue weighted by Crippen LogP contribution is 2.12. The van der Waals surface area contributed by atoms with Crippen molar-refractivity contribution in [3.63, 3.8) is 0 Å². The van der Waals surface area contributed by atoms with E-state index in [4.69, 9.17) is 10.2 Å². The summed E-state index contributed by atoms with van der Waals surface area (Å²) in [6.07, 6.45) is -1.41. The molecule has 0 saturated heterocycles. The number of rotatable bonds is 8. The summed E-state index contributed by atoms with van der Waals surface area (Å²) in [5.41, 5.74) is -2.74. The van der Waals surface area contributed by atoms with Gasteiger partial charge in [0.05, 0.1) is 0 Å². The van der Waals surface area contributed by atoms with Crippen molar-refractivity contribution in [1.29, 1.82) is 0 Å². The normalized spacial score (nSPS) is 15.5. The van der Waals surface area contributed by atoms with Gasteiger partial charge in [0.25, 0.3) is 5.60 Å². The second-order valence-electron chi connectivity index (χ2n) is 3.60. The van der Waals surface area contributed by atoms with Crippen molar-refractivity contribution >= 4 is 29.7 Å². The molecule has 18 heavy (non-hydrogen) atoms. The van der Waals surface area contributed by atoms with Crippen LogP contribution in [0.15, 0.2) is 0 Å². The van der Waals surface area contributed by atoms with Crippen molar-refractivity contribution in [3.8, 4) is 0 Å². The Labute approximate surface area is 108 Å². The predicted molar refractivity (Wildman–Crippen MR) is 63.4 cm³/mol. The molecule has 0 spiro atoms. The maximum absolute atomic E-state index is 11.3. The molecule has 0 amide bonds. The third-order valence-corrected chi connectivity index (χ3v) is 3.00. The van der Waals surface area contributed by atoms with Crippen molar-refractivity contribution in [3.05, 3.63) is 0 Å². The van der Waals surface area contributed by atoms with Gasteiger partial charge in [-0.2, -0.15) is 11.8 Å². The standard InChI is InChI=1S/C10H16O7S/c1-3-18-5-4-6(7(11)12)17-9(15)10(2,16)8(13)14/h6,16H,3-5H2,1-2H3,(H,11,12)(H,13,14). The quantitative estimate of drug-likeness (QED) is 0.322. The number of aliphatic hydroxyl groups is 1. The minimum absolute atomic E-state index is 0.0509. The van der Waals surface area contributed by atoms with Gasteiger partial charge < -0.3 is 20.1 Å². The Bertz CT molecular complexity index is 326. The van der Waals surface area contributed by atoms with E-state index in [2.05, 4.69) is 4.74 Å². The zero-order chi connectivity index (χ0) is 14.3. The van der Waals surface area contributed by atoms with Crippen LogP contribution in [-0.2, 0) is 19.1 Å². The average Bonchev–Trinajstić information content (AvgIpc) is 2.27. The lowest BCUT2D eigenvalue weighted by atomic mass is 10.1. The Morgan fingerprint density at radius 2 is 1.89 bits per heavy atom. The molecule has 0 aliphatic heterocycles. The summed E-state index contributed by atoms with van der Waals surface area (Å²) in [5.74, 6) is -3.41. The maximum atomic E-state index is 11.3. The number of ether oxygens (including phenoxy) is 1. The first-order valence-corrected chi connectivity index (χ1v) is 6.36. The summed E-state index contributed by atoms with van der Waals surface area (Å²) in [6.45, 7) is 2.62. The summed E-state index contributed by atoms with van der Waals surface area (Å²) >= 11 is 1.46. The van der Waals surface area contributed by atoms with Gasteiger partial charge in [-0.15, -0.1) is 0 Å². The highest BCUT2D eigenvalue weighted by molar-refractivity contribution is 7.99. The summed E-state index contributed by atoms with van der Waals surface area (Å²) in [6, 6.07) is 0. The van der Waals surface area contributed by atoms with Crippen LogP contribution in [0.3, 0.4) is 0 Å². The van der Waals surface area contributed by atoms with Crippen LogP contribution in [0.4, 0.5) is 0 Å². The van der Waals surface area contributed by atoms with E-state index in [0.29, 0.717) is 5.75 Å². The molecule has 0 aromatic rings. The van der Waals surface area contributed by atoms with Gasteiger partial charge in [-0.05, 0) is 18.4 Å². The molecule has 2 unspecified atom stereocenters. The van der Waals surface area contributed by atoms with Gasteiger partial charge in [0.15, 0.2) is 6.10 Å². The van der Waals surface area contributed by atoms with Crippen molar-refractivity contribution in [2.45, 2.75) is 32.0 Å². The van der Waals surface area contributed by atoms with Crippen LogP contribution < -0.4 is 0 Å². The lowest BCUT2D eigenvalue weighted by Gasteiger charge is -2.20. The minimum atomic E-state index is -2.74. The molecular formula is C10H16O7S. The third kappa shape index (κ3) is 4.92. The van der Waals surface area contributed by atoms with Crippen molar-refractivity contribution in [2.24, 2.45) is 0 Å². The van der Waals surface area contributed by atoms with E-state index in [1.807, 2.05) is 6.92 Å². The van der Waals surface area contributed by atoms with Gasteiger partial charge >= 0.3 is 17.9 Å². The second-order valence-corrected chi connectivity index (χ2v) is 4.99. The van der Waals surface area contributed by atoms with Crippen LogP contribution in [0.5, 0.6) is 0 Å². The number of carbonyl (C=O) groups excluding carboxylic acids is 1. The molecule has 0 aliphatic carbocycles. The molecule has 104 valence electrons. The van der Waals surface area contributed by atoms with Crippen LogP contribution >= 0.6 is 11.8 Å². The fourth-order valence-electron chi connectivity index (χ4n) is 0.899. The average molecular weight is 280 g/mol. The largest absolute Gasteiger partial charge is 0.479 e. The third-order valence-electron chi connectivity index (χ3n) is 2.07. The topological polar surface area (TPSA) is 121 Å². The van der Waals surface area contributed by atoms with Crippen molar-refractivity contribution in [2.75, 3.05) is 11.5 Å². The number of carboxylic acid groups (broad SMARTS) is 2. The van der Waals surface area contributed by atoms with Gasteiger partial charge in [0, 0.05) is 6.42 Å². The SMILES string of the molecule is CCSCCC(OC(=O)C(C)(O)C(=O)O)C(=O)O. The maximum Gasteiger partial charge on any atom is 0.350 e. The molecule has 0 aliphatic rings. The highest BCUT2D eigenvalue weighted by atomic mass is 32.2. The number of hydrogen-bond donors (Lipinski definition) is 3. The molecule has 0 heterocycles. The molecule has 0 aromatic heterocycles. The van der Waals surface area contributed by atoms with Crippen molar-refractivity contribution in [1.82, 2.24) is 0 Å². The molecule has 7 nitrogen and oxygen atoms in total. The number of carboxylic acids is 2. The number of aliphatic carboxylic acids is 2. The summed E-state index contributed by atoms with van der Waals surface area (Å²) in [5, 5.41) is 26.7. The van der Waals surface area contributed by atoms with E-state index in [1.54, 1.807) is 0 Å². The molecule has 8 heteroatoms. The Kier molecular flexibility index (Phi) is 6.71. The van der Waals surface area contributed by atoms with E-state index in [0.717, 1.165) is 12.7 Å². The predicted octanol–water partition coefficient (Wildman–Crippen LogP) is -0.0384. The fourth-order valence-corrected chi connectivity index (χ4v) is 1.57. The van der Waals surface area contributed by atoms with E-state index >= 15 is 0 Å². The monoisotopic (exact) mass is 280 g/mol. The lowest BCUT2D eigenvalue weighted by molar-refractivity contribution is -0.185. The first-order chi connectivity index (χ1) is 8.23. The van der Waals surface area contributed by atoms with Crippen LogP contribution in [0.1, 0.15) is 20.3 Å².